The Hall–Kier alpha value is -2.77. The minimum Gasteiger partial charge on any atom is -0.411 e. The Morgan fingerprint density at radius 3 is 2.68 bits per heavy atom. The van der Waals surface area contributed by atoms with Gasteiger partial charge in [-0.15, -0.1) is 0 Å². The molecule has 1 N–H and O–H groups in total. The second kappa shape index (κ2) is 12.2. The van der Waals surface area contributed by atoms with E-state index in [0.29, 0.717) is 23.9 Å². The number of carbonyl (C=O) groups excluding carboxylic acids is 1. The minimum atomic E-state index is -2.04. The zero-order valence-corrected chi connectivity index (χ0v) is 27.1. The van der Waals surface area contributed by atoms with Crippen molar-refractivity contribution in [2.24, 2.45) is 16.8 Å². The Kier molecular flexibility index (Phi) is 9.29. The average molecular weight is 596 g/mol. The van der Waals surface area contributed by atoms with Crippen molar-refractivity contribution in [3.63, 3.8) is 0 Å². The standard InChI is InChI=1S/C31H42ClN5O3Si/c1-19-21(16-27(34-6)35-30(38)24-14-23(24)17-33)13-22(15-25(19)32)29-20(2)37(28-11-9-10-12-39-28)36-26(29)18-40-41(7,8)31(3,4)5/h13,15-16,23-24,28H,6,9-12,14,18H2,1-5,7-8H3,(H,35,38)/b27-16+/t23-,24+,28?/m1/s1. The van der Waals surface area contributed by atoms with Gasteiger partial charge in [-0.3, -0.25) is 4.79 Å². The van der Waals surface area contributed by atoms with Crippen molar-refractivity contribution in [1.82, 2.24) is 15.1 Å². The highest BCUT2D eigenvalue weighted by atomic mass is 35.5. The number of halogens is 1. The number of hydrogen-bond donors (Lipinski definition) is 1. The minimum absolute atomic E-state index is 0.0641. The van der Waals surface area contributed by atoms with E-state index in [1.165, 1.54) is 0 Å². The lowest BCUT2D eigenvalue weighted by atomic mass is 9.97. The van der Waals surface area contributed by atoms with Crippen LogP contribution in [0.5, 0.6) is 0 Å². The number of amides is 1. The third kappa shape index (κ3) is 6.83. The molecule has 0 spiro atoms. The summed E-state index contributed by atoms with van der Waals surface area (Å²) in [6.07, 6.45) is 5.29. The molecule has 1 aromatic heterocycles. The molecule has 8 nitrogen and oxygen atoms in total. The summed E-state index contributed by atoms with van der Waals surface area (Å²) in [6, 6.07) is 6.15. The van der Waals surface area contributed by atoms with Gasteiger partial charge in [0.25, 0.3) is 0 Å². The van der Waals surface area contributed by atoms with Crippen LogP contribution in [0.25, 0.3) is 17.2 Å². The summed E-state index contributed by atoms with van der Waals surface area (Å²) in [7, 11) is -2.04. The molecule has 1 aromatic carbocycles. The second-order valence-electron chi connectivity index (χ2n) is 12.6. The highest BCUT2D eigenvalue weighted by molar-refractivity contribution is 6.74. The maximum absolute atomic E-state index is 12.6. The van der Waals surface area contributed by atoms with E-state index in [1.54, 1.807) is 6.08 Å². The van der Waals surface area contributed by atoms with Crippen LogP contribution in [0, 0.1) is 37.0 Å². The zero-order chi connectivity index (χ0) is 30.1. The normalized spacial score (nSPS) is 21.3. The fraction of sp³-hybridized carbons (Fsp3) is 0.548. The van der Waals surface area contributed by atoms with Gasteiger partial charge in [0.2, 0.25) is 5.91 Å². The van der Waals surface area contributed by atoms with E-state index in [9.17, 15) is 4.79 Å². The Morgan fingerprint density at radius 1 is 1.37 bits per heavy atom. The molecule has 2 aromatic rings. The molecule has 1 amide bonds. The van der Waals surface area contributed by atoms with Gasteiger partial charge < -0.3 is 14.5 Å². The number of aromatic nitrogens is 2. The molecule has 41 heavy (non-hydrogen) atoms. The summed E-state index contributed by atoms with van der Waals surface area (Å²) in [5.41, 5.74) is 5.38. The van der Waals surface area contributed by atoms with Gasteiger partial charge in [0.05, 0.1) is 30.2 Å². The van der Waals surface area contributed by atoms with E-state index in [0.717, 1.165) is 59.5 Å². The molecule has 4 rings (SSSR count). The Balaban J connectivity index is 1.75. The largest absolute Gasteiger partial charge is 0.411 e. The van der Waals surface area contributed by atoms with Crippen molar-refractivity contribution >= 4 is 38.6 Å². The lowest BCUT2D eigenvalue weighted by molar-refractivity contribution is -0.121. The van der Waals surface area contributed by atoms with Crippen molar-refractivity contribution < 1.29 is 14.0 Å². The summed E-state index contributed by atoms with van der Waals surface area (Å²) in [5.74, 6) is -0.440. The van der Waals surface area contributed by atoms with Crippen molar-refractivity contribution in [2.75, 3.05) is 6.61 Å². The topological polar surface area (TPSA) is 102 Å². The fourth-order valence-corrected chi connectivity index (χ4v) is 5.98. The molecule has 0 radical (unpaired) electrons. The van der Waals surface area contributed by atoms with Gasteiger partial charge in [0.1, 0.15) is 12.0 Å². The summed E-state index contributed by atoms with van der Waals surface area (Å²) < 4.78 is 14.8. The number of carbonyl (C=O) groups is 1. The molecule has 1 saturated carbocycles. The summed E-state index contributed by atoms with van der Waals surface area (Å²) in [6.45, 7) is 19.9. The van der Waals surface area contributed by atoms with Gasteiger partial charge >= 0.3 is 0 Å². The molecule has 1 aliphatic carbocycles. The third-order valence-electron chi connectivity index (χ3n) is 8.71. The molecule has 0 bridgehead atoms. The molecule has 2 fully saturated rings. The predicted octanol–water partition coefficient (Wildman–Crippen LogP) is 7.32. The van der Waals surface area contributed by atoms with Crippen LogP contribution >= 0.6 is 11.6 Å². The molecule has 3 atom stereocenters. The maximum Gasteiger partial charge on any atom is 0.230 e. The smallest absolute Gasteiger partial charge is 0.230 e. The van der Waals surface area contributed by atoms with Crippen LogP contribution in [0.15, 0.2) is 22.9 Å². The number of ether oxygens (including phenoxy) is 1. The van der Waals surface area contributed by atoms with Crippen molar-refractivity contribution in [2.45, 2.75) is 91.3 Å². The van der Waals surface area contributed by atoms with Crippen LogP contribution in [-0.2, 0) is 20.6 Å². The van der Waals surface area contributed by atoms with Gasteiger partial charge in [-0.1, -0.05) is 32.4 Å². The van der Waals surface area contributed by atoms with E-state index < -0.39 is 8.32 Å². The van der Waals surface area contributed by atoms with Crippen LogP contribution in [0.1, 0.15) is 75.2 Å². The number of nitriles is 1. The van der Waals surface area contributed by atoms with Gasteiger partial charge in [-0.25, -0.2) is 9.67 Å². The molecular formula is C31H42ClN5O3Si. The molecule has 1 aliphatic heterocycles. The summed E-state index contributed by atoms with van der Waals surface area (Å²) >= 11 is 6.79. The average Bonchev–Trinajstić information content (AvgIpc) is 3.65. The van der Waals surface area contributed by atoms with Crippen LogP contribution in [0.4, 0.5) is 0 Å². The SMILES string of the molecule is C=N/C(=C\c1cc(-c2c(CO[Si](C)(C)C(C)(C)C)nn(C3CCCCO3)c2C)cc(Cl)c1C)NC(=O)[C@H]1C[C@@H]1C#N. The zero-order valence-electron chi connectivity index (χ0n) is 25.3. The Labute approximate surface area is 249 Å². The van der Waals surface area contributed by atoms with Gasteiger partial charge in [-0.2, -0.15) is 10.4 Å². The third-order valence-corrected chi connectivity index (χ3v) is 13.6. The maximum atomic E-state index is 12.6. The van der Waals surface area contributed by atoms with E-state index in [4.69, 9.17) is 31.1 Å². The molecule has 2 aliphatic rings. The highest BCUT2D eigenvalue weighted by Crippen LogP contribution is 2.40. The molecule has 10 heteroatoms. The monoisotopic (exact) mass is 595 g/mol. The first-order chi connectivity index (χ1) is 19.3. The molecule has 220 valence electrons. The van der Waals surface area contributed by atoms with Crippen molar-refractivity contribution in [3.8, 4) is 17.2 Å². The number of benzene rings is 1. The first-order valence-corrected chi connectivity index (χ1v) is 17.6. The summed E-state index contributed by atoms with van der Waals surface area (Å²) in [4.78, 5) is 16.6. The quantitative estimate of drug-likeness (QED) is 0.242. The van der Waals surface area contributed by atoms with Gasteiger partial charge in [-0.05, 0) is 99.3 Å². The number of nitrogens with one attached hydrogen (secondary N) is 1. The van der Waals surface area contributed by atoms with E-state index in [-0.39, 0.29) is 29.0 Å². The van der Waals surface area contributed by atoms with Gasteiger partial charge in [0, 0.05) is 22.9 Å². The number of rotatable bonds is 9. The van der Waals surface area contributed by atoms with Crippen molar-refractivity contribution in [1.29, 1.82) is 5.26 Å². The second-order valence-corrected chi connectivity index (χ2v) is 17.9. The first-order valence-electron chi connectivity index (χ1n) is 14.3. The van der Waals surface area contributed by atoms with E-state index >= 15 is 0 Å². The Morgan fingerprint density at radius 2 is 2.10 bits per heavy atom. The lowest BCUT2D eigenvalue weighted by Crippen LogP contribution is -2.40. The number of nitrogens with zero attached hydrogens (tertiary/aromatic N) is 4. The highest BCUT2D eigenvalue weighted by Gasteiger charge is 2.43. The van der Waals surface area contributed by atoms with E-state index in [1.807, 2.05) is 23.7 Å². The summed E-state index contributed by atoms with van der Waals surface area (Å²) in [5, 5.41) is 17.6. The first kappa shape index (κ1) is 31.2. The molecular weight excluding hydrogens is 554 g/mol. The van der Waals surface area contributed by atoms with Crippen LogP contribution in [0.2, 0.25) is 23.2 Å². The lowest BCUT2D eigenvalue weighted by Gasteiger charge is -2.36. The number of hydrogen-bond acceptors (Lipinski definition) is 6. The molecule has 1 unspecified atom stereocenters. The fourth-order valence-electron chi connectivity index (χ4n) is 4.83. The van der Waals surface area contributed by atoms with Crippen LogP contribution < -0.4 is 5.32 Å². The van der Waals surface area contributed by atoms with Crippen molar-refractivity contribution in [3.05, 3.63) is 45.5 Å². The predicted molar refractivity (Wildman–Crippen MR) is 166 cm³/mol. The van der Waals surface area contributed by atoms with Crippen LogP contribution in [-0.4, -0.2) is 37.3 Å². The Bertz CT molecular complexity index is 1400. The van der Waals surface area contributed by atoms with Crippen LogP contribution in [0.3, 0.4) is 0 Å². The van der Waals surface area contributed by atoms with Gasteiger partial charge in [0.15, 0.2) is 8.32 Å². The number of aliphatic imine (C=N–C) groups is 1. The molecule has 1 saturated heterocycles. The molecule has 2 heterocycles. The van der Waals surface area contributed by atoms with E-state index in [2.05, 4.69) is 63.9 Å².